The van der Waals surface area contributed by atoms with Crippen molar-refractivity contribution in [2.24, 2.45) is 0 Å². The third-order valence-electron chi connectivity index (χ3n) is 5.05. The molecule has 1 amide bonds. The maximum Gasteiger partial charge on any atom is 0.272 e. The van der Waals surface area contributed by atoms with Crippen LogP contribution in [0.5, 0.6) is 0 Å². The van der Waals surface area contributed by atoms with Crippen molar-refractivity contribution < 1.29 is 13.2 Å². The Hall–Kier alpha value is -3.00. The van der Waals surface area contributed by atoms with Gasteiger partial charge in [0.2, 0.25) is 0 Å². The summed E-state index contributed by atoms with van der Waals surface area (Å²) in [6.45, 7) is 2.35. The molecule has 29 heavy (non-hydrogen) atoms. The van der Waals surface area contributed by atoms with Gasteiger partial charge in [-0.25, -0.2) is 8.42 Å². The second-order valence-corrected chi connectivity index (χ2v) is 9.55. The summed E-state index contributed by atoms with van der Waals surface area (Å²) >= 11 is 0. The van der Waals surface area contributed by atoms with Crippen LogP contribution in [0.4, 0.5) is 0 Å². The first-order chi connectivity index (χ1) is 13.9. The van der Waals surface area contributed by atoms with E-state index in [-0.39, 0.29) is 29.1 Å². The molecule has 1 aliphatic heterocycles. The van der Waals surface area contributed by atoms with Crippen LogP contribution in [0, 0.1) is 6.92 Å². The van der Waals surface area contributed by atoms with Gasteiger partial charge in [-0.15, -0.1) is 0 Å². The van der Waals surface area contributed by atoms with Crippen molar-refractivity contribution in [1.29, 1.82) is 0 Å². The number of amides is 1. The van der Waals surface area contributed by atoms with Gasteiger partial charge in [-0.1, -0.05) is 35.9 Å². The van der Waals surface area contributed by atoms with Crippen molar-refractivity contribution >= 4 is 15.7 Å². The quantitative estimate of drug-likeness (QED) is 0.698. The second kappa shape index (κ2) is 7.79. The monoisotopic (exact) mass is 410 g/mol. The Morgan fingerprint density at radius 2 is 2.03 bits per heavy atom. The lowest BCUT2D eigenvalue weighted by Crippen LogP contribution is -2.24. The Balaban J connectivity index is 1.63. The van der Waals surface area contributed by atoms with E-state index in [0.717, 1.165) is 22.4 Å². The summed E-state index contributed by atoms with van der Waals surface area (Å²) in [5.41, 5.74) is 3.93. The zero-order chi connectivity index (χ0) is 20.4. The summed E-state index contributed by atoms with van der Waals surface area (Å²) in [7, 11) is -3.07. The molecule has 4 rings (SSSR count). The van der Waals surface area contributed by atoms with Crippen LogP contribution in [0.3, 0.4) is 0 Å². The molecule has 0 aliphatic carbocycles. The predicted octanol–water partition coefficient (Wildman–Crippen LogP) is 2.54. The number of pyridine rings is 1. The van der Waals surface area contributed by atoms with E-state index >= 15 is 0 Å². The van der Waals surface area contributed by atoms with Crippen LogP contribution in [0.2, 0.25) is 0 Å². The van der Waals surface area contributed by atoms with Crippen LogP contribution >= 0.6 is 0 Å². The molecule has 3 heterocycles. The molecule has 1 aliphatic rings. The van der Waals surface area contributed by atoms with Gasteiger partial charge in [0.25, 0.3) is 5.91 Å². The van der Waals surface area contributed by atoms with E-state index in [1.54, 1.807) is 23.1 Å². The van der Waals surface area contributed by atoms with Crippen LogP contribution in [-0.2, 0) is 16.4 Å². The molecule has 1 atom stereocenters. The van der Waals surface area contributed by atoms with Gasteiger partial charge >= 0.3 is 0 Å². The first-order valence-corrected chi connectivity index (χ1v) is 11.3. The molecule has 0 saturated carbocycles. The highest BCUT2D eigenvalue weighted by molar-refractivity contribution is 7.91. The molecule has 0 radical (unpaired) electrons. The Labute approximate surface area is 169 Å². The van der Waals surface area contributed by atoms with Gasteiger partial charge in [0.15, 0.2) is 15.5 Å². The molecule has 1 saturated heterocycles. The smallest absolute Gasteiger partial charge is 0.272 e. The highest BCUT2D eigenvalue weighted by Gasteiger charge is 2.32. The van der Waals surface area contributed by atoms with E-state index < -0.39 is 9.84 Å². The van der Waals surface area contributed by atoms with E-state index in [4.69, 9.17) is 0 Å². The van der Waals surface area contributed by atoms with Crippen LogP contribution in [0.1, 0.15) is 34.1 Å². The summed E-state index contributed by atoms with van der Waals surface area (Å²) in [5, 5.41) is 7.34. The van der Waals surface area contributed by atoms with Gasteiger partial charge in [-0.2, -0.15) is 5.10 Å². The molecule has 8 heteroatoms. The minimum Gasteiger partial charge on any atom is -0.347 e. The standard InChI is InChI=1S/C21H22N4O3S/c1-15-4-6-17(7-5-15)20-11-19(21(26)23-13-16-3-2-9-22-12-16)24-25(20)18-8-10-29(27,28)14-18/h2-7,9,11-12,18H,8,10,13-14H2,1H3,(H,23,26)/t18-/m1/s1. The predicted molar refractivity (Wildman–Crippen MR) is 110 cm³/mol. The number of carbonyl (C=O) groups is 1. The third kappa shape index (κ3) is 4.37. The largest absolute Gasteiger partial charge is 0.347 e. The number of nitrogens with one attached hydrogen (secondary N) is 1. The number of benzene rings is 1. The fraction of sp³-hybridized carbons (Fsp3) is 0.286. The van der Waals surface area contributed by atoms with Crippen molar-refractivity contribution in [3.63, 3.8) is 0 Å². The molecule has 0 bridgehead atoms. The van der Waals surface area contributed by atoms with Crippen molar-refractivity contribution in [2.45, 2.75) is 25.9 Å². The van der Waals surface area contributed by atoms with Crippen LogP contribution in [0.15, 0.2) is 54.9 Å². The van der Waals surface area contributed by atoms with E-state index in [0.29, 0.717) is 13.0 Å². The van der Waals surface area contributed by atoms with E-state index in [9.17, 15) is 13.2 Å². The molecule has 1 fully saturated rings. The number of aromatic nitrogens is 3. The number of hydrogen-bond donors (Lipinski definition) is 1. The minimum absolute atomic E-state index is 0.0459. The SMILES string of the molecule is Cc1ccc(-c2cc(C(=O)NCc3cccnc3)nn2[C@@H]2CCS(=O)(=O)C2)cc1. The van der Waals surface area contributed by atoms with E-state index in [1.165, 1.54) is 0 Å². The summed E-state index contributed by atoms with van der Waals surface area (Å²) in [6, 6.07) is 13.1. The van der Waals surface area contributed by atoms with Gasteiger partial charge in [0, 0.05) is 18.9 Å². The zero-order valence-corrected chi connectivity index (χ0v) is 16.9. The lowest BCUT2D eigenvalue weighted by molar-refractivity contribution is 0.0945. The molecular weight excluding hydrogens is 388 g/mol. The Morgan fingerprint density at radius 3 is 2.69 bits per heavy atom. The maximum absolute atomic E-state index is 12.7. The molecule has 1 aromatic carbocycles. The third-order valence-corrected chi connectivity index (χ3v) is 6.80. The Bertz CT molecular complexity index is 1120. The summed E-state index contributed by atoms with van der Waals surface area (Å²) in [6.07, 6.45) is 3.87. The van der Waals surface area contributed by atoms with E-state index in [1.807, 2.05) is 43.3 Å². The highest BCUT2D eigenvalue weighted by atomic mass is 32.2. The fourth-order valence-electron chi connectivity index (χ4n) is 3.47. The van der Waals surface area contributed by atoms with E-state index in [2.05, 4.69) is 15.4 Å². The lowest BCUT2D eigenvalue weighted by atomic mass is 10.1. The minimum atomic E-state index is -3.07. The molecule has 0 spiro atoms. The normalized spacial score (nSPS) is 17.9. The number of carbonyl (C=O) groups excluding carboxylic acids is 1. The molecule has 0 unspecified atom stereocenters. The number of aryl methyl sites for hydroxylation is 1. The average Bonchev–Trinajstić information content (AvgIpc) is 3.31. The van der Waals surface area contributed by atoms with Crippen molar-refractivity contribution in [3.8, 4) is 11.3 Å². The van der Waals surface area contributed by atoms with Crippen LogP contribution in [-0.4, -0.2) is 40.6 Å². The molecule has 3 aromatic rings. The summed E-state index contributed by atoms with van der Waals surface area (Å²) < 4.78 is 25.7. The topological polar surface area (TPSA) is 93.9 Å². The van der Waals surface area contributed by atoms with Crippen molar-refractivity contribution in [3.05, 3.63) is 71.7 Å². The molecule has 7 nitrogen and oxygen atoms in total. The Kier molecular flexibility index (Phi) is 5.19. The Morgan fingerprint density at radius 1 is 1.24 bits per heavy atom. The second-order valence-electron chi connectivity index (χ2n) is 7.33. The van der Waals surface area contributed by atoms with Gasteiger partial charge < -0.3 is 5.32 Å². The van der Waals surface area contributed by atoms with Crippen LogP contribution < -0.4 is 5.32 Å². The molecule has 150 valence electrons. The summed E-state index contributed by atoms with van der Waals surface area (Å²) in [5.74, 6) is -0.112. The highest BCUT2D eigenvalue weighted by Crippen LogP contribution is 2.30. The lowest BCUT2D eigenvalue weighted by Gasteiger charge is -2.13. The molecule has 1 N–H and O–H groups in total. The average molecular weight is 410 g/mol. The molecule has 2 aromatic heterocycles. The van der Waals surface area contributed by atoms with Crippen molar-refractivity contribution in [2.75, 3.05) is 11.5 Å². The first-order valence-electron chi connectivity index (χ1n) is 9.45. The van der Waals surface area contributed by atoms with Gasteiger partial charge in [0.1, 0.15) is 0 Å². The molecular formula is C21H22N4O3S. The fourth-order valence-corrected chi connectivity index (χ4v) is 5.16. The van der Waals surface area contributed by atoms with Gasteiger partial charge in [-0.3, -0.25) is 14.5 Å². The number of sulfone groups is 1. The number of nitrogens with zero attached hydrogens (tertiary/aromatic N) is 3. The van der Waals surface area contributed by atoms with Crippen LogP contribution in [0.25, 0.3) is 11.3 Å². The first kappa shape index (κ1) is 19.3. The van der Waals surface area contributed by atoms with Crippen molar-refractivity contribution in [1.82, 2.24) is 20.1 Å². The van der Waals surface area contributed by atoms with Gasteiger partial charge in [0.05, 0.1) is 23.2 Å². The number of hydrogen-bond acceptors (Lipinski definition) is 5. The zero-order valence-electron chi connectivity index (χ0n) is 16.1. The summed E-state index contributed by atoms with van der Waals surface area (Å²) in [4.78, 5) is 16.7. The number of rotatable bonds is 5. The maximum atomic E-state index is 12.7. The van der Waals surface area contributed by atoms with Gasteiger partial charge in [-0.05, 0) is 36.6 Å².